The van der Waals surface area contributed by atoms with Crippen LogP contribution in [0.5, 0.6) is 0 Å². The molecular formula is C27H27N9O6. The molecule has 0 aliphatic heterocycles. The first-order valence-corrected chi connectivity index (χ1v) is 12.4. The van der Waals surface area contributed by atoms with Gasteiger partial charge in [-0.3, -0.25) is 0 Å². The van der Waals surface area contributed by atoms with Crippen molar-refractivity contribution in [1.82, 2.24) is 45.4 Å². The van der Waals surface area contributed by atoms with Crippen LogP contribution in [0.1, 0.15) is 47.8 Å². The standard InChI is InChI=1S/C10H11N3O2.C9H9N3O2.C8H7N3O2/c1-6-4-5-7(10(14)15-3)9-8(6)11-13(2)12-9;1-5-3-4-6(9(13)14)8-7(5)10-11-12(8)2;1-4-2-3-5(8(12)13)7-6(4)9-11-10-7/h4-5H,1-3H3;3-4H,1-2H3,(H,13,14);2-3H,1H3,(H,12,13)(H,9,10,11). The minimum Gasteiger partial charge on any atom is -0.478 e. The quantitative estimate of drug-likeness (QED) is 0.261. The molecule has 0 radical (unpaired) electrons. The van der Waals surface area contributed by atoms with Crippen LogP contribution < -0.4 is 0 Å². The molecule has 3 aromatic carbocycles. The average molecular weight is 574 g/mol. The fourth-order valence-electron chi connectivity index (χ4n) is 4.19. The fourth-order valence-corrected chi connectivity index (χ4v) is 4.19. The van der Waals surface area contributed by atoms with Crippen LogP contribution in [0.15, 0.2) is 36.4 Å². The van der Waals surface area contributed by atoms with Gasteiger partial charge in [0.05, 0.1) is 23.8 Å². The smallest absolute Gasteiger partial charge is 0.340 e. The molecule has 0 aliphatic rings. The van der Waals surface area contributed by atoms with Gasteiger partial charge < -0.3 is 14.9 Å². The number of benzene rings is 3. The van der Waals surface area contributed by atoms with Gasteiger partial charge >= 0.3 is 17.9 Å². The van der Waals surface area contributed by atoms with Gasteiger partial charge in [-0.25, -0.2) is 19.1 Å². The Morgan fingerprint density at radius 2 is 1.24 bits per heavy atom. The number of esters is 1. The molecule has 0 saturated heterocycles. The van der Waals surface area contributed by atoms with Crippen molar-refractivity contribution in [3.8, 4) is 0 Å². The number of carbonyl (C=O) groups is 3. The molecule has 15 heteroatoms. The highest BCUT2D eigenvalue weighted by molar-refractivity contribution is 6.03. The third-order valence-corrected chi connectivity index (χ3v) is 6.34. The van der Waals surface area contributed by atoms with Crippen LogP contribution in [0.3, 0.4) is 0 Å². The van der Waals surface area contributed by atoms with Crippen molar-refractivity contribution in [1.29, 1.82) is 0 Å². The van der Waals surface area contributed by atoms with Gasteiger partial charge in [0.1, 0.15) is 33.1 Å². The second-order valence-corrected chi connectivity index (χ2v) is 9.21. The van der Waals surface area contributed by atoms with Crippen molar-refractivity contribution < 1.29 is 29.3 Å². The number of hydrogen-bond donors (Lipinski definition) is 3. The van der Waals surface area contributed by atoms with Gasteiger partial charge in [-0.15, -0.1) is 5.10 Å². The van der Waals surface area contributed by atoms with E-state index in [1.807, 2.05) is 26.8 Å². The highest BCUT2D eigenvalue weighted by Gasteiger charge is 2.16. The van der Waals surface area contributed by atoms with Crippen LogP contribution >= 0.6 is 0 Å². The van der Waals surface area contributed by atoms with E-state index < -0.39 is 11.9 Å². The van der Waals surface area contributed by atoms with Gasteiger partial charge in [0, 0.05) is 14.1 Å². The molecule has 0 unspecified atom stereocenters. The van der Waals surface area contributed by atoms with Crippen molar-refractivity contribution in [3.05, 3.63) is 69.8 Å². The van der Waals surface area contributed by atoms with Crippen LogP contribution in [-0.2, 0) is 18.8 Å². The Morgan fingerprint density at radius 3 is 1.86 bits per heavy atom. The van der Waals surface area contributed by atoms with E-state index in [1.54, 1.807) is 38.4 Å². The zero-order valence-corrected chi connectivity index (χ0v) is 23.6. The van der Waals surface area contributed by atoms with E-state index in [0.29, 0.717) is 33.1 Å². The number of methoxy groups -OCH3 is 1. The molecule has 3 aromatic heterocycles. The molecule has 0 spiro atoms. The molecule has 3 heterocycles. The molecular weight excluding hydrogens is 546 g/mol. The van der Waals surface area contributed by atoms with Crippen molar-refractivity contribution in [3.63, 3.8) is 0 Å². The summed E-state index contributed by atoms with van der Waals surface area (Å²) >= 11 is 0. The molecule has 0 amide bonds. The highest BCUT2D eigenvalue weighted by atomic mass is 16.5. The van der Waals surface area contributed by atoms with Gasteiger partial charge in [-0.2, -0.15) is 30.4 Å². The molecule has 0 fully saturated rings. The average Bonchev–Trinajstić information content (AvgIpc) is 3.69. The first-order valence-electron chi connectivity index (χ1n) is 12.4. The van der Waals surface area contributed by atoms with Gasteiger partial charge in [-0.1, -0.05) is 23.4 Å². The Bertz CT molecular complexity index is 1970. The van der Waals surface area contributed by atoms with Crippen LogP contribution in [0, 0.1) is 20.8 Å². The molecule has 0 atom stereocenters. The number of hydrogen-bond acceptors (Lipinski definition) is 10. The summed E-state index contributed by atoms with van der Waals surface area (Å²) < 4.78 is 6.16. The van der Waals surface area contributed by atoms with E-state index in [0.717, 1.165) is 22.2 Å². The van der Waals surface area contributed by atoms with Crippen LogP contribution in [0.2, 0.25) is 0 Å². The number of H-pyrrole nitrogens is 1. The predicted octanol–water partition coefficient (Wildman–Crippen LogP) is 3.00. The van der Waals surface area contributed by atoms with Gasteiger partial charge in [0.25, 0.3) is 0 Å². The summed E-state index contributed by atoms with van der Waals surface area (Å²) in [6.45, 7) is 5.66. The van der Waals surface area contributed by atoms with Crippen LogP contribution in [-0.4, -0.2) is 80.6 Å². The second kappa shape index (κ2) is 11.8. The third-order valence-electron chi connectivity index (χ3n) is 6.34. The Kier molecular flexibility index (Phi) is 8.21. The number of aromatic nitrogens is 9. The number of carboxylic acids is 2. The Hall–Kier alpha value is -5.73. The number of fused-ring (bicyclic) bond motifs is 3. The lowest BCUT2D eigenvalue weighted by molar-refractivity contribution is 0.0601. The Labute approximate surface area is 237 Å². The largest absolute Gasteiger partial charge is 0.478 e. The molecule has 0 saturated carbocycles. The maximum absolute atomic E-state index is 11.4. The lowest BCUT2D eigenvalue weighted by Crippen LogP contribution is -2.02. The summed E-state index contributed by atoms with van der Waals surface area (Å²) in [4.78, 5) is 34.5. The van der Waals surface area contributed by atoms with Crippen LogP contribution in [0.25, 0.3) is 33.1 Å². The summed E-state index contributed by atoms with van der Waals surface area (Å²) in [5.41, 5.74) is 7.25. The maximum Gasteiger partial charge on any atom is 0.340 e. The van der Waals surface area contributed by atoms with E-state index >= 15 is 0 Å². The maximum atomic E-state index is 11.4. The summed E-state index contributed by atoms with van der Waals surface area (Å²) in [6, 6.07) is 10.1. The highest BCUT2D eigenvalue weighted by Crippen LogP contribution is 2.20. The molecule has 3 N–H and O–H groups in total. The summed E-state index contributed by atoms with van der Waals surface area (Å²) in [5, 5.41) is 43.9. The lowest BCUT2D eigenvalue weighted by Gasteiger charge is -2.00. The zero-order valence-electron chi connectivity index (χ0n) is 23.6. The van der Waals surface area contributed by atoms with E-state index in [1.165, 1.54) is 22.7 Å². The topological polar surface area (TPSA) is 204 Å². The Balaban J connectivity index is 0.000000145. The first-order chi connectivity index (χ1) is 19.9. The zero-order chi connectivity index (χ0) is 30.7. The summed E-state index contributed by atoms with van der Waals surface area (Å²) in [7, 11) is 4.76. The van der Waals surface area contributed by atoms with Crippen LogP contribution in [0.4, 0.5) is 0 Å². The fraction of sp³-hybridized carbons (Fsp3) is 0.222. The monoisotopic (exact) mass is 573 g/mol. The summed E-state index contributed by atoms with van der Waals surface area (Å²) in [6.07, 6.45) is 0. The number of aryl methyl sites for hydroxylation is 5. The van der Waals surface area contributed by atoms with Gasteiger partial charge in [0.2, 0.25) is 0 Å². The van der Waals surface area contributed by atoms with Gasteiger partial charge in [-0.05, 0) is 55.7 Å². The third kappa shape index (κ3) is 5.60. The second-order valence-electron chi connectivity index (χ2n) is 9.21. The van der Waals surface area contributed by atoms with E-state index in [-0.39, 0.29) is 17.1 Å². The van der Waals surface area contributed by atoms with Gasteiger partial charge in [0.15, 0.2) is 0 Å². The lowest BCUT2D eigenvalue weighted by atomic mass is 10.1. The number of carboxylic acid groups (broad SMARTS) is 2. The van der Waals surface area contributed by atoms with Crippen molar-refractivity contribution >= 4 is 51.0 Å². The molecule has 6 rings (SSSR count). The molecule has 0 aliphatic carbocycles. The number of aromatic carboxylic acids is 2. The number of aromatic amines is 1. The van der Waals surface area contributed by atoms with E-state index in [9.17, 15) is 14.4 Å². The Morgan fingerprint density at radius 1 is 0.714 bits per heavy atom. The minimum absolute atomic E-state index is 0.175. The normalized spacial score (nSPS) is 10.6. The molecule has 15 nitrogen and oxygen atoms in total. The molecule has 42 heavy (non-hydrogen) atoms. The predicted molar refractivity (Wildman–Crippen MR) is 150 cm³/mol. The molecule has 6 aromatic rings. The number of rotatable bonds is 3. The van der Waals surface area contributed by atoms with E-state index in [2.05, 4.69) is 40.7 Å². The summed E-state index contributed by atoms with van der Waals surface area (Å²) in [5.74, 6) is -2.33. The van der Waals surface area contributed by atoms with E-state index in [4.69, 9.17) is 10.2 Å². The van der Waals surface area contributed by atoms with Crippen molar-refractivity contribution in [2.75, 3.05) is 7.11 Å². The number of carbonyl (C=O) groups excluding carboxylic acids is 1. The molecule has 0 bridgehead atoms. The van der Waals surface area contributed by atoms with Crippen molar-refractivity contribution in [2.24, 2.45) is 14.1 Å². The number of ether oxygens (including phenoxy) is 1. The first kappa shape index (κ1) is 29.3. The minimum atomic E-state index is -0.987. The number of nitrogens with zero attached hydrogens (tertiary/aromatic N) is 8. The molecule has 216 valence electrons. The van der Waals surface area contributed by atoms with Crippen molar-refractivity contribution in [2.45, 2.75) is 20.8 Å². The number of nitrogens with one attached hydrogen (secondary N) is 1. The SMILES string of the molecule is COC(=O)c1ccc(C)c2nn(C)nc12.Cc1ccc(C(=O)O)c2c1nnn2C.Cc1ccc(C(=O)O)c2n[nH]nc12.